The third kappa shape index (κ3) is 4.08. The van der Waals surface area contributed by atoms with Gasteiger partial charge in [0.2, 0.25) is 11.8 Å². The van der Waals surface area contributed by atoms with E-state index < -0.39 is 0 Å². The van der Waals surface area contributed by atoms with E-state index >= 15 is 0 Å². The number of pyridine rings is 1. The number of piperidine rings is 1. The summed E-state index contributed by atoms with van der Waals surface area (Å²) in [6, 6.07) is 2.27. The van der Waals surface area contributed by atoms with Crippen molar-refractivity contribution in [3.8, 4) is 5.88 Å². The first-order chi connectivity index (χ1) is 9.10. The van der Waals surface area contributed by atoms with Crippen molar-refractivity contribution in [1.82, 2.24) is 10.3 Å². The van der Waals surface area contributed by atoms with Gasteiger partial charge in [0.05, 0.1) is 7.11 Å². The molecule has 2 heterocycles. The topological polar surface area (TPSA) is 63.2 Å². The fourth-order valence-electron chi connectivity index (χ4n) is 2.41. The second-order valence-corrected chi connectivity index (χ2v) is 5.14. The Morgan fingerprint density at radius 3 is 2.95 bits per heavy atom. The Balaban J connectivity index is 0.00000200. The number of methoxy groups -OCH3 is 1. The summed E-state index contributed by atoms with van der Waals surface area (Å²) in [7, 11) is 1.56. The molecule has 1 aliphatic rings. The Labute approximate surface area is 125 Å². The highest BCUT2D eigenvalue weighted by Crippen LogP contribution is 2.24. The van der Waals surface area contributed by atoms with E-state index in [0.717, 1.165) is 24.9 Å². The third-order valence-corrected chi connectivity index (χ3v) is 3.43. The number of nitrogens with zero attached hydrogens (tertiary/aromatic N) is 1. The maximum atomic E-state index is 12.3. The lowest BCUT2D eigenvalue weighted by Gasteiger charge is -2.27. The molecule has 1 aromatic rings. The summed E-state index contributed by atoms with van der Waals surface area (Å²) in [4.78, 5) is 16.4. The van der Waals surface area contributed by atoms with Crippen molar-refractivity contribution >= 4 is 24.0 Å². The maximum Gasteiger partial charge on any atom is 0.237 e. The van der Waals surface area contributed by atoms with Gasteiger partial charge in [-0.15, -0.1) is 12.4 Å². The van der Waals surface area contributed by atoms with Gasteiger partial charge in [-0.2, -0.15) is 0 Å². The minimum absolute atomic E-state index is 0. The molecule has 2 atom stereocenters. The molecule has 6 heteroatoms. The molecule has 5 nitrogen and oxygen atoms in total. The van der Waals surface area contributed by atoms with Crippen LogP contribution in [0, 0.1) is 12.8 Å². The molecule has 1 aromatic heterocycles. The Kier molecular flexibility index (Phi) is 6.23. The molecule has 2 rings (SSSR count). The second-order valence-electron chi connectivity index (χ2n) is 5.14. The van der Waals surface area contributed by atoms with Crippen LogP contribution in [0.2, 0.25) is 0 Å². The molecular formula is C14H22ClN3O2. The SMILES string of the molecule is COc1ncc(C)cc1NC(=O)[C@H]1CCN[C@@H](C)C1.Cl. The first kappa shape index (κ1) is 16.7. The largest absolute Gasteiger partial charge is 0.480 e. The van der Waals surface area contributed by atoms with Crippen molar-refractivity contribution in [3.05, 3.63) is 17.8 Å². The van der Waals surface area contributed by atoms with E-state index in [9.17, 15) is 4.79 Å². The van der Waals surface area contributed by atoms with Gasteiger partial charge in [-0.1, -0.05) is 0 Å². The van der Waals surface area contributed by atoms with Crippen LogP contribution in [0.3, 0.4) is 0 Å². The number of anilines is 1. The van der Waals surface area contributed by atoms with Crippen molar-refractivity contribution in [3.63, 3.8) is 0 Å². The minimum Gasteiger partial charge on any atom is -0.480 e. The van der Waals surface area contributed by atoms with Gasteiger partial charge in [-0.05, 0) is 44.9 Å². The molecule has 0 aliphatic carbocycles. The number of hydrogen-bond donors (Lipinski definition) is 2. The fourth-order valence-corrected chi connectivity index (χ4v) is 2.41. The number of amides is 1. The van der Waals surface area contributed by atoms with Crippen molar-refractivity contribution in [2.24, 2.45) is 5.92 Å². The molecule has 112 valence electrons. The lowest BCUT2D eigenvalue weighted by molar-refractivity contribution is -0.120. The molecule has 0 spiro atoms. The average molecular weight is 300 g/mol. The van der Waals surface area contributed by atoms with Gasteiger partial charge in [-0.3, -0.25) is 4.79 Å². The molecule has 1 amide bonds. The van der Waals surface area contributed by atoms with E-state index in [1.54, 1.807) is 13.3 Å². The highest BCUT2D eigenvalue weighted by atomic mass is 35.5. The molecule has 1 saturated heterocycles. The van der Waals surface area contributed by atoms with E-state index in [1.807, 2.05) is 13.0 Å². The first-order valence-corrected chi connectivity index (χ1v) is 6.65. The number of nitrogens with one attached hydrogen (secondary N) is 2. The number of aryl methyl sites for hydroxylation is 1. The number of aromatic nitrogens is 1. The van der Waals surface area contributed by atoms with Crippen LogP contribution in [-0.2, 0) is 4.79 Å². The molecule has 0 radical (unpaired) electrons. The van der Waals surface area contributed by atoms with Crippen molar-refractivity contribution in [2.75, 3.05) is 19.0 Å². The summed E-state index contributed by atoms with van der Waals surface area (Å²) in [5.41, 5.74) is 1.65. The van der Waals surface area contributed by atoms with Crippen LogP contribution in [-0.4, -0.2) is 30.6 Å². The van der Waals surface area contributed by atoms with Gasteiger partial charge in [0, 0.05) is 18.2 Å². The second kappa shape index (κ2) is 7.45. The zero-order chi connectivity index (χ0) is 13.8. The molecular weight excluding hydrogens is 278 g/mol. The molecule has 1 aliphatic heterocycles. The summed E-state index contributed by atoms with van der Waals surface area (Å²) in [5.74, 6) is 0.571. The van der Waals surface area contributed by atoms with Gasteiger partial charge < -0.3 is 15.4 Å². The van der Waals surface area contributed by atoms with E-state index in [-0.39, 0.29) is 24.2 Å². The number of hydrogen-bond acceptors (Lipinski definition) is 4. The normalized spacial score (nSPS) is 21.8. The monoisotopic (exact) mass is 299 g/mol. The number of carbonyl (C=O) groups is 1. The van der Waals surface area contributed by atoms with E-state index in [0.29, 0.717) is 17.6 Å². The highest BCUT2D eigenvalue weighted by molar-refractivity contribution is 5.93. The zero-order valence-electron chi connectivity index (χ0n) is 12.1. The van der Waals surface area contributed by atoms with Crippen molar-refractivity contribution < 1.29 is 9.53 Å². The van der Waals surface area contributed by atoms with E-state index in [1.165, 1.54) is 0 Å². The van der Waals surface area contributed by atoms with E-state index in [4.69, 9.17) is 4.74 Å². The number of halogens is 1. The summed E-state index contributed by atoms with van der Waals surface area (Å²) < 4.78 is 5.17. The van der Waals surface area contributed by atoms with Gasteiger partial charge >= 0.3 is 0 Å². The predicted octanol–water partition coefficient (Wildman–Crippen LogP) is 2.15. The lowest BCUT2D eigenvalue weighted by atomic mass is 9.92. The quantitative estimate of drug-likeness (QED) is 0.898. The maximum absolute atomic E-state index is 12.3. The van der Waals surface area contributed by atoms with Gasteiger partial charge in [0.1, 0.15) is 5.69 Å². The smallest absolute Gasteiger partial charge is 0.237 e. The standard InChI is InChI=1S/C14H21N3O2.ClH/c1-9-6-12(14(19-3)16-8-9)17-13(18)11-4-5-15-10(2)7-11;/h6,8,10-11,15H,4-5,7H2,1-3H3,(H,17,18);1H/t10-,11-;/m0./s1. The fraction of sp³-hybridized carbons (Fsp3) is 0.571. The molecule has 1 fully saturated rings. The van der Waals surface area contributed by atoms with Crippen LogP contribution < -0.4 is 15.4 Å². The van der Waals surface area contributed by atoms with Crippen molar-refractivity contribution in [1.29, 1.82) is 0 Å². The van der Waals surface area contributed by atoms with Crippen LogP contribution in [0.15, 0.2) is 12.3 Å². The summed E-state index contributed by atoms with van der Waals surface area (Å²) in [5, 5.41) is 6.28. The molecule has 2 N–H and O–H groups in total. The Hall–Kier alpha value is -1.33. The van der Waals surface area contributed by atoms with Crippen LogP contribution in [0.4, 0.5) is 5.69 Å². The molecule has 0 unspecified atom stereocenters. The predicted molar refractivity (Wildman–Crippen MR) is 81.6 cm³/mol. The molecule has 0 saturated carbocycles. The highest BCUT2D eigenvalue weighted by Gasteiger charge is 2.25. The third-order valence-electron chi connectivity index (χ3n) is 3.43. The number of ether oxygens (including phenoxy) is 1. The van der Waals surface area contributed by atoms with Gasteiger partial charge in [0.15, 0.2) is 0 Å². The van der Waals surface area contributed by atoms with Crippen LogP contribution in [0.25, 0.3) is 0 Å². The number of rotatable bonds is 3. The zero-order valence-corrected chi connectivity index (χ0v) is 12.9. The Bertz CT molecular complexity index is 468. The summed E-state index contributed by atoms with van der Waals surface area (Å²) >= 11 is 0. The molecule has 20 heavy (non-hydrogen) atoms. The first-order valence-electron chi connectivity index (χ1n) is 6.65. The summed E-state index contributed by atoms with van der Waals surface area (Å²) in [6.45, 7) is 4.94. The van der Waals surface area contributed by atoms with E-state index in [2.05, 4.69) is 22.5 Å². The van der Waals surface area contributed by atoms with Crippen LogP contribution in [0.1, 0.15) is 25.3 Å². The number of carbonyl (C=O) groups excluding carboxylic acids is 1. The Morgan fingerprint density at radius 1 is 1.55 bits per heavy atom. The van der Waals surface area contributed by atoms with Crippen molar-refractivity contribution in [2.45, 2.75) is 32.7 Å². The van der Waals surface area contributed by atoms with Gasteiger partial charge in [0.25, 0.3) is 0 Å². The summed E-state index contributed by atoms with van der Waals surface area (Å²) in [6.07, 6.45) is 3.46. The minimum atomic E-state index is 0. The molecule has 0 bridgehead atoms. The van der Waals surface area contributed by atoms with Crippen LogP contribution in [0.5, 0.6) is 5.88 Å². The van der Waals surface area contributed by atoms with Crippen LogP contribution >= 0.6 is 12.4 Å². The average Bonchev–Trinajstić information content (AvgIpc) is 2.39. The van der Waals surface area contributed by atoms with Gasteiger partial charge in [-0.25, -0.2) is 4.98 Å². The Morgan fingerprint density at radius 2 is 2.30 bits per heavy atom. The molecule has 0 aromatic carbocycles. The lowest BCUT2D eigenvalue weighted by Crippen LogP contribution is -2.40.